The summed E-state index contributed by atoms with van der Waals surface area (Å²) in [6.45, 7) is 9.14. The van der Waals surface area contributed by atoms with Crippen LogP contribution in [0.1, 0.15) is 20.8 Å². The normalized spacial score (nSPS) is 37.1. The molecule has 1 aliphatic heterocycles. The number of nitrogens with zero attached hydrogens (tertiary/aromatic N) is 1. The van der Waals surface area contributed by atoms with E-state index >= 15 is 0 Å². The third kappa shape index (κ3) is 2.87. The minimum atomic E-state index is 0.649. The van der Waals surface area contributed by atoms with Crippen LogP contribution < -0.4 is 5.32 Å². The maximum Gasteiger partial charge on any atom is 0.0591 e. The zero-order chi connectivity index (χ0) is 8.43. The Morgan fingerprint density at radius 1 is 1.36 bits per heavy atom. The molecule has 1 rings (SSSR count). The second kappa shape index (κ2) is 4.05. The molecule has 0 aromatic heterocycles. The molecule has 1 heterocycles. The molecule has 0 aromatic rings. The van der Waals surface area contributed by atoms with E-state index in [2.05, 4.69) is 53.6 Å². The second-order valence-corrected chi connectivity index (χ2v) is 5.30. The molecule has 11 heavy (non-hydrogen) atoms. The largest absolute Gasteiger partial charge is 0.309 e. The van der Waals surface area contributed by atoms with E-state index in [-0.39, 0.29) is 0 Å². The minimum Gasteiger partial charge on any atom is -0.309 e. The van der Waals surface area contributed by atoms with Crippen LogP contribution in [0.2, 0.25) is 0 Å². The summed E-state index contributed by atoms with van der Waals surface area (Å²) < 4.78 is 0.666. The number of hydrogen-bond donors (Lipinski definition) is 1. The van der Waals surface area contributed by atoms with Crippen LogP contribution in [0.15, 0.2) is 0 Å². The van der Waals surface area contributed by atoms with Crippen LogP contribution in [0.5, 0.6) is 0 Å². The first-order chi connectivity index (χ1) is 5.09. The Balaban J connectivity index is 2.43. The Bertz CT molecular complexity index is 117. The number of hydrogen-bond acceptors (Lipinski definition) is 2. The summed E-state index contributed by atoms with van der Waals surface area (Å²) in [5.74, 6) is 0. The number of nitrogens with one attached hydrogen (secondary N) is 1. The molecule has 0 radical (unpaired) electrons. The van der Waals surface area contributed by atoms with Crippen LogP contribution in [-0.4, -0.2) is 34.1 Å². The van der Waals surface area contributed by atoms with Crippen LogP contribution in [-0.2, 0) is 0 Å². The lowest BCUT2D eigenvalue weighted by Gasteiger charge is -2.37. The number of alkyl halides is 1. The van der Waals surface area contributed by atoms with E-state index in [1.807, 2.05) is 0 Å². The highest BCUT2D eigenvalue weighted by Gasteiger charge is 2.22. The zero-order valence-corrected chi connectivity index (χ0v) is 9.63. The molecule has 3 heteroatoms. The maximum atomic E-state index is 3.52. The van der Waals surface area contributed by atoms with Gasteiger partial charge in [-0.2, -0.15) is 0 Å². The first-order valence-electron chi connectivity index (χ1n) is 4.23. The topological polar surface area (TPSA) is 15.3 Å². The van der Waals surface area contributed by atoms with Crippen molar-refractivity contribution in [3.05, 3.63) is 0 Å². The third-order valence-electron chi connectivity index (χ3n) is 2.09. The highest BCUT2D eigenvalue weighted by atomic mass is 127. The molecular formula is C8H17IN2. The van der Waals surface area contributed by atoms with Gasteiger partial charge in [0.2, 0.25) is 0 Å². The molecule has 0 bridgehead atoms. The predicted molar refractivity (Wildman–Crippen MR) is 57.1 cm³/mol. The van der Waals surface area contributed by atoms with E-state index in [9.17, 15) is 0 Å². The molecule has 0 amide bonds. The van der Waals surface area contributed by atoms with Crippen molar-refractivity contribution in [2.24, 2.45) is 0 Å². The van der Waals surface area contributed by atoms with Crippen LogP contribution in [0.25, 0.3) is 0 Å². The monoisotopic (exact) mass is 268 g/mol. The summed E-state index contributed by atoms with van der Waals surface area (Å²) in [4.78, 5) is 2.52. The Hall–Kier alpha value is 0.650. The van der Waals surface area contributed by atoms with Crippen molar-refractivity contribution < 1.29 is 0 Å². The first kappa shape index (κ1) is 9.74. The molecule has 0 saturated carbocycles. The number of piperazine rings is 1. The molecule has 1 fully saturated rings. The predicted octanol–water partition coefficient (Wildman–Crippen LogP) is 1.45. The molecule has 3 atom stereocenters. The SMILES string of the molecule is C[C@@H]1CN([C@H](C)I)C[C@H](C)N1. The summed E-state index contributed by atoms with van der Waals surface area (Å²) in [6, 6.07) is 1.30. The first-order valence-corrected chi connectivity index (χ1v) is 5.48. The lowest BCUT2D eigenvalue weighted by Crippen LogP contribution is -2.55. The van der Waals surface area contributed by atoms with E-state index in [1.54, 1.807) is 0 Å². The average molecular weight is 268 g/mol. The second-order valence-electron chi connectivity index (χ2n) is 3.50. The van der Waals surface area contributed by atoms with Gasteiger partial charge in [0.05, 0.1) is 4.05 Å². The molecule has 0 unspecified atom stereocenters. The minimum absolute atomic E-state index is 0.649. The van der Waals surface area contributed by atoms with Crippen LogP contribution in [0.4, 0.5) is 0 Å². The van der Waals surface area contributed by atoms with Crippen molar-refractivity contribution in [2.75, 3.05) is 13.1 Å². The van der Waals surface area contributed by atoms with Gasteiger partial charge >= 0.3 is 0 Å². The van der Waals surface area contributed by atoms with Gasteiger partial charge in [-0.05, 0) is 20.8 Å². The van der Waals surface area contributed by atoms with Crippen molar-refractivity contribution >= 4 is 22.6 Å². The Kier molecular flexibility index (Phi) is 3.58. The van der Waals surface area contributed by atoms with Crippen molar-refractivity contribution in [2.45, 2.75) is 36.9 Å². The van der Waals surface area contributed by atoms with Gasteiger partial charge in [-0.15, -0.1) is 0 Å². The van der Waals surface area contributed by atoms with E-state index in [0.29, 0.717) is 16.1 Å². The lowest BCUT2D eigenvalue weighted by atomic mass is 10.1. The van der Waals surface area contributed by atoms with Crippen molar-refractivity contribution in [3.8, 4) is 0 Å². The van der Waals surface area contributed by atoms with Gasteiger partial charge in [-0.3, -0.25) is 4.90 Å². The zero-order valence-electron chi connectivity index (χ0n) is 7.47. The van der Waals surface area contributed by atoms with Gasteiger partial charge in [0.25, 0.3) is 0 Å². The lowest BCUT2D eigenvalue weighted by molar-refractivity contribution is 0.174. The molecule has 0 aliphatic carbocycles. The molecular weight excluding hydrogens is 251 g/mol. The Morgan fingerprint density at radius 2 is 1.82 bits per heavy atom. The summed E-state index contributed by atoms with van der Waals surface area (Å²) in [5, 5.41) is 3.52. The highest BCUT2D eigenvalue weighted by molar-refractivity contribution is 14.1. The van der Waals surface area contributed by atoms with E-state index in [4.69, 9.17) is 0 Å². The van der Waals surface area contributed by atoms with Gasteiger partial charge in [0.1, 0.15) is 0 Å². The van der Waals surface area contributed by atoms with Gasteiger partial charge < -0.3 is 5.32 Å². The quantitative estimate of drug-likeness (QED) is 0.440. The van der Waals surface area contributed by atoms with Gasteiger partial charge in [0, 0.05) is 25.2 Å². The number of rotatable bonds is 1. The van der Waals surface area contributed by atoms with Crippen LogP contribution in [0, 0.1) is 0 Å². The fourth-order valence-electron chi connectivity index (χ4n) is 1.66. The van der Waals surface area contributed by atoms with E-state index in [0.717, 1.165) is 0 Å². The summed E-state index contributed by atoms with van der Waals surface area (Å²) >= 11 is 2.48. The summed E-state index contributed by atoms with van der Waals surface area (Å²) in [5.41, 5.74) is 0. The van der Waals surface area contributed by atoms with Gasteiger partial charge in [-0.25, -0.2) is 0 Å². The van der Waals surface area contributed by atoms with Gasteiger partial charge in [-0.1, -0.05) is 22.6 Å². The van der Waals surface area contributed by atoms with Crippen molar-refractivity contribution in [1.29, 1.82) is 0 Å². The van der Waals surface area contributed by atoms with E-state index < -0.39 is 0 Å². The van der Waals surface area contributed by atoms with E-state index in [1.165, 1.54) is 13.1 Å². The molecule has 2 nitrogen and oxygen atoms in total. The summed E-state index contributed by atoms with van der Waals surface area (Å²) in [6.07, 6.45) is 0. The highest BCUT2D eigenvalue weighted by Crippen LogP contribution is 2.12. The standard InChI is InChI=1S/C8H17IN2/c1-6-4-11(8(3)9)5-7(2)10-6/h6-8,10H,4-5H2,1-3H3/t6-,7+,8-/m1/s1. The molecule has 66 valence electrons. The molecule has 0 aromatic carbocycles. The Morgan fingerprint density at radius 3 is 2.18 bits per heavy atom. The van der Waals surface area contributed by atoms with Crippen LogP contribution in [0.3, 0.4) is 0 Å². The molecule has 0 spiro atoms. The smallest absolute Gasteiger partial charge is 0.0591 e. The Labute approximate surface area is 82.9 Å². The molecule has 1 aliphatic rings. The maximum absolute atomic E-state index is 3.52. The summed E-state index contributed by atoms with van der Waals surface area (Å²) in [7, 11) is 0. The third-order valence-corrected chi connectivity index (χ3v) is 2.88. The fraction of sp³-hybridized carbons (Fsp3) is 1.00. The average Bonchev–Trinajstić information content (AvgIpc) is 1.85. The van der Waals surface area contributed by atoms with Crippen molar-refractivity contribution in [1.82, 2.24) is 10.2 Å². The molecule has 1 N–H and O–H groups in total. The van der Waals surface area contributed by atoms with Crippen molar-refractivity contribution in [3.63, 3.8) is 0 Å². The van der Waals surface area contributed by atoms with Gasteiger partial charge in [0.15, 0.2) is 0 Å². The fourth-order valence-corrected chi connectivity index (χ4v) is 2.11. The number of halogens is 1. The molecule has 1 saturated heterocycles. The van der Waals surface area contributed by atoms with Crippen LogP contribution >= 0.6 is 22.6 Å².